The number of rotatable bonds is 4. The molecule has 0 amide bonds. The molecular formula is C10H18N2. The van der Waals surface area contributed by atoms with Crippen molar-refractivity contribution in [2.24, 2.45) is 22.6 Å². The van der Waals surface area contributed by atoms with Crippen LogP contribution in [-0.2, 0) is 0 Å². The standard InChI is InChI=1S/C10H18N2/c1-7(6-8-2-3-8)12-10(11)9-4-5-9/h7-9H,2-6H2,1H3,(H2,11,12). The first-order chi connectivity index (χ1) is 5.75. The monoisotopic (exact) mass is 166 g/mol. The Bertz CT molecular complexity index is 190. The van der Waals surface area contributed by atoms with Gasteiger partial charge in [-0.1, -0.05) is 12.8 Å². The van der Waals surface area contributed by atoms with Crippen LogP contribution >= 0.6 is 0 Å². The highest BCUT2D eigenvalue weighted by Gasteiger charge is 2.27. The summed E-state index contributed by atoms with van der Waals surface area (Å²) in [5.74, 6) is 2.53. The Kier molecular flexibility index (Phi) is 2.07. The highest BCUT2D eigenvalue weighted by atomic mass is 14.9. The zero-order chi connectivity index (χ0) is 8.55. The van der Waals surface area contributed by atoms with Gasteiger partial charge in [0.25, 0.3) is 0 Å². The van der Waals surface area contributed by atoms with Crippen molar-refractivity contribution in [1.82, 2.24) is 0 Å². The van der Waals surface area contributed by atoms with Crippen LogP contribution in [0.2, 0.25) is 0 Å². The molecule has 0 bridgehead atoms. The molecular weight excluding hydrogens is 148 g/mol. The summed E-state index contributed by atoms with van der Waals surface area (Å²) in [5.41, 5.74) is 5.83. The van der Waals surface area contributed by atoms with E-state index in [0.29, 0.717) is 12.0 Å². The molecule has 2 fully saturated rings. The van der Waals surface area contributed by atoms with Gasteiger partial charge in [0, 0.05) is 12.0 Å². The lowest BCUT2D eigenvalue weighted by molar-refractivity contribution is 0.610. The summed E-state index contributed by atoms with van der Waals surface area (Å²) in [7, 11) is 0. The van der Waals surface area contributed by atoms with Gasteiger partial charge in [-0.15, -0.1) is 0 Å². The predicted octanol–water partition coefficient (Wildman–Crippen LogP) is 1.94. The van der Waals surface area contributed by atoms with Gasteiger partial charge < -0.3 is 5.73 Å². The lowest BCUT2D eigenvalue weighted by atomic mass is 10.2. The summed E-state index contributed by atoms with van der Waals surface area (Å²) in [4.78, 5) is 4.51. The Morgan fingerprint density at radius 2 is 2.08 bits per heavy atom. The zero-order valence-corrected chi connectivity index (χ0v) is 7.79. The van der Waals surface area contributed by atoms with Crippen LogP contribution in [-0.4, -0.2) is 11.9 Å². The van der Waals surface area contributed by atoms with E-state index in [1.165, 1.54) is 32.1 Å². The Hall–Kier alpha value is -0.530. The molecule has 1 atom stereocenters. The van der Waals surface area contributed by atoms with Gasteiger partial charge in [0.2, 0.25) is 0 Å². The summed E-state index contributed by atoms with van der Waals surface area (Å²) >= 11 is 0. The second-order valence-corrected chi connectivity index (χ2v) is 4.36. The fourth-order valence-electron chi connectivity index (χ4n) is 1.63. The summed E-state index contributed by atoms with van der Waals surface area (Å²) in [5, 5.41) is 0. The third-order valence-electron chi connectivity index (χ3n) is 2.74. The SMILES string of the molecule is CC(CC1CC1)N=C(N)C1CC1. The van der Waals surface area contributed by atoms with E-state index in [9.17, 15) is 0 Å². The molecule has 0 aromatic rings. The van der Waals surface area contributed by atoms with Gasteiger partial charge in [-0.2, -0.15) is 0 Å². The lowest BCUT2D eigenvalue weighted by Crippen LogP contribution is -2.17. The summed E-state index contributed by atoms with van der Waals surface area (Å²) in [6.45, 7) is 2.19. The minimum atomic E-state index is 0.470. The van der Waals surface area contributed by atoms with Crippen molar-refractivity contribution in [3.05, 3.63) is 0 Å². The van der Waals surface area contributed by atoms with Crippen LogP contribution in [0.3, 0.4) is 0 Å². The fraction of sp³-hybridized carbons (Fsp3) is 0.900. The molecule has 2 aliphatic carbocycles. The summed E-state index contributed by atoms with van der Waals surface area (Å²) in [6, 6.07) is 0.470. The largest absolute Gasteiger partial charge is 0.387 e. The smallest absolute Gasteiger partial charge is 0.0971 e. The lowest BCUT2D eigenvalue weighted by Gasteiger charge is -2.06. The van der Waals surface area contributed by atoms with E-state index in [1.807, 2.05) is 0 Å². The third-order valence-corrected chi connectivity index (χ3v) is 2.74. The molecule has 0 radical (unpaired) electrons. The third kappa shape index (κ3) is 2.23. The summed E-state index contributed by atoms with van der Waals surface area (Å²) in [6.07, 6.45) is 6.64. The molecule has 0 saturated heterocycles. The molecule has 0 aromatic carbocycles. The van der Waals surface area contributed by atoms with Crippen molar-refractivity contribution in [2.45, 2.75) is 45.1 Å². The van der Waals surface area contributed by atoms with Crippen LogP contribution in [0.15, 0.2) is 4.99 Å². The van der Waals surface area contributed by atoms with Crippen LogP contribution in [0.25, 0.3) is 0 Å². The number of aliphatic imine (C=N–C) groups is 1. The first-order valence-electron chi connectivity index (χ1n) is 5.09. The first-order valence-corrected chi connectivity index (χ1v) is 5.09. The highest BCUT2D eigenvalue weighted by Crippen LogP contribution is 2.35. The normalized spacial score (nSPS) is 27.2. The van der Waals surface area contributed by atoms with Crippen molar-refractivity contribution in [1.29, 1.82) is 0 Å². The van der Waals surface area contributed by atoms with Crippen LogP contribution in [0.5, 0.6) is 0 Å². The molecule has 2 aliphatic rings. The first kappa shape index (κ1) is 8.09. The topological polar surface area (TPSA) is 38.4 Å². The van der Waals surface area contributed by atoms with E-state index >= 15 is 0 Å². The van der Waals surface area contributed by atoms with Gasteiger partial charge in [0.1, 0.15) is 0 Å². The number of nitrogens with zero attached hydrogens (tertiary/aromatic N) is 1. The number of amidine groups is 1. The van der Waals surface area contributed by atoms with Crippen molar-refractivity contribution < 1.29 is 0 Å². The average Bonchev–Trinajstić information content (AvgIpc) is 2.83. The van der Waals surface area contributed by atoms with Crippen LogP contribution in [0, 0.1) is 11.8 Å². The zero-order valence-electron chi connectivity index (χ0n) is 7.79. The highest BCUT2D eigenvalue weighted by molar-refractivity contribution is 5.85. The molecule has 68 valence electrons. The minimum absolute atomic E-state index is 0.470. The van der Waals surface area contributed by atoms with E-state index in [1.54, 1.807) is 0 Å². The number of hydrogen-bond acceptors (Lipinski definition) is 1. The van der Waals surface area contributed by atoms with Crippen molar-refractivity contribution >= 4 is 5.84 Å². The molecule has 1 unspecified atom stereocenters. The second kappa shape index (κ2) is 3.08. The van der Waals surface area contributed by atoms with Gasteiger partial charge in [-0.05, 0) is 32.1 Å². The molecule has 0 spiro atoms. The van der Waals surface area contributed by atoms with E-state index in [2.05, 4.69) is 11.9 Å². The molecule has 2 saturated carbocycles. The van der Waals surface area contributed by atoms with Crippen LogP contribution in [0.1, 0.15) is 39.0 Å². The molecule has 2 rings (SSSR count). The van der Waals surface area contributed by atoms with E-state index in [0.717, 1.165) is 11.8 Å². The molecule has 0 aromatic heterocycles. The molecule has 0 aliphatic heterocycles. The molecule has 0 heterocycles. The predicted molar refractivity (Wildman–Crippen MR) is 51.1 cm³/mol. The van der Waals surface area contributed by atoms with Gasteiger partial charge in [-0.3, -0.25) is 4.99 Å². The Morgan fingerprint density at radius 3 is 2.58 bits per heavy atom. The van der Waals surface area contributed by atoms with Gasteiger partial charge in [0.05, 0.1) is 5.84 Å². The van der Waals surface area contributed by atoms with E-state index in [-0.39, 0.29) is 0 Å². The van der Waals surface area contributed by atoms with Crippen molar-refractivity contribution in [2.75, 3.05) is 0 Å². The fourth-order valence-corrected chi connectivity index (χ4v) is 1.63. The maximum atomic E-state index is 5.83. The molecule has 2 nitrogen and oxygen atoms in total. The van der Waals surface area contributed by atoms with Gasteiger partial charge in [-0.25, -0.2) is 0 Å². The molecule has 2 N–H and O–H groups in total. The maximum Gasteiger partial charge on any atom is 0.0971 e. The Morgan fingerprint density at radius 1 is 1.42 bits per heavy atom. The second-order valence-electron chi connectivity index (χ2n) is 4.36. The number of nitrogens with two attached hydrogens (primary N) is 1. The van der Waals surface area contributed by atoms with Crippen LogP contribution < -0.4 is 5.73 Å². The number of hydrogen-bond donors (Lipinski definition) is 1. The van der Waals surface area contributed by atoms with E-state index < -0.39 is 0 Å². The van der Waals surface area contributed by atoms with Crippen molar-refractivity contribution in [3.8, 4) is 0 Å². The Balaban J connectivity index is 1.77. The average molecular weight is 166 g/mol. The Labute approximate surface area is 74.2 Å². The quantitative estimate of drug-likeness (QED) is 0.503. The summed E-state index contributed by atoms with van der Waals surface area (Å²) < 4.78 is 0. The minimum Gasteiger partial charge on any atom is -0.387 e. The molecule has 12 heavy (non-hydrogen) atoms. The van der Waals surface area contributed by atoms with Crippen molar-refractivity contribution in [3.63, 3.8) is 0 Å². The van der Waals surface area contributed by atoms with Crippen LogP contribution in [0.4, 0.5) is 0 Å². The molecule has 2 heteroatoms. The van der Waals surface area contributed by atoms with Gasteiger partial charge in [0.15, 0.2) is 0 Å². The van der Waals surface area contributed by atoms with E-state index in [4.69, 9.17) is 5.73 Å². The maximum absolute atomic E-state index is 5.83. The van der Waals surface area contributed by atoms with Gasteiger partial charge >= 0.3 is 0 Å².